The third-order valence-corrected chi connectivity index (χ3v) is 2.29. The monoisotopic (exact) mass is 192 g/mol. The van der Waals surface area contributed by atoms with Crippen molar-refractivity contribution >= 4 is 11.8 Å². The van der Waals surface area contributed by atoms with Crippen LogP contribution in [-0.2, 0) is 0 Å². The average molecular weight is 192 g/mol. The van der Waals surface area contributed by atoms with E-state index < -0.39 is 0 Å². The SMILES string of the molecule is CCSCCC#Cc1ccnnc1. The lowest BCUT2D eigenvalue weighted by atomic mass is 10.3. The molecule has 0 aromatic carbocycles. The van der Waals surface area contributed by atoms with Gasteiger partial charge in [-0.1, -0.05) is 18.8 Å². The van der Waals surface area contributed by atoms with Crippen molar-refractivity contribution in [2.75, 3.05) is 11.5 Å². The first-order valence-electron chi connectivity index (χ1n) is 4.27. The zero-order valence-electron chi connectivity index (χ0n) is 7.66. The van der Waals surface area contributed by atoms with Crippen molar-refractivity contribution in [1.82, 2.24) is 10.2 Å². The number of aromatic nitrogens is 2. The topological polar surface area (TPSA) is 25.8 Å². The summed E-state index contributed by atoms with van der Waals surface area (Å²) in [6.07, 6.45) is 4.28. The van der Waals surface area contributed by atoms with Crippen molar-refractivity contribution < 1.29 is 0 Å². The molecule has 0 amide bonds. The van der Waals surface area contributed by atoms with Gasteiger partial charge in [0.25, 0.3) is 0 Å². The van der Waals surface area contributed by atoms with Crippen LogP contribution < -0.4 is 0 Å². The average Bonchev–Trinajstić information content (AvgIpc) is 2.19. The minimum Gasteiger partial charge on any atom is -0.161 e. The lowest BCUT2D eigenvalue weighted by Gasteiger charge is -1.89. The molecular formula is C10H12N2S. The zero-order chi connectivity index (χ0) is 9.36. The van der Waals surface area contributed by atoms with Crippen LogP contribution in [0, 0.1) is 11.8 Å². The minimum absolute atomic E-state index is 0.941. The fourth-order valence-electron chi connectivity index (χ4n) is 0.797. The van der Waals surface area contributed by atoms with Gasteiger partial charge in [0.05, 0.1) is 12.4 Å². The van der Waals surface area contributed by atoms with E-state index in [0.717, 1.165) is 17.7 Å². The molecule has 0 saturated heterocycles. The molecule has 0 unspecified atom stereocenters. The number of hydrogen-bond donors (Lipinski definition) is 0. The maximum atomic E-state index is 3.74. The summed E-state index contributed by atoms with van der Waals surface area (Å²) in [5, 5.41) is 7.42. The molecule has 0 bridgehead atoms. The number of rotatable bonds is 3. The predicted octanol–water partition coefficient (Wildman–Crippen LogP) is 1.97. The molecule has 0 aliphatic heterocycles. The molecule has 3 heteroatoms. The van der Waals surface area contributed by atoms with Crippen LogP contribution in [0.15, 0.2) is 18.5 Å². The van der Waals surface area contributed by atoms with Gasteiger partial charge in [0, 0.05) is 17.7 Å². The second-order valence-electron chi connectivity index (χ2n) is 2.38. The van der Waals surface area contributed by atoms with Crippen LogP contribution in [0.4, 0.5) is 0 Å². The summed E-state index contributed by atoms with van der Waals surface area (Å²) in [7, 11) is 0. The van der Waals surface area contributed by atoms with Crippen LogP contribution in [0.2, 0.25) is 0 Å². The molecule has 0 saturated carbocycles. The molecule has 1 aromatic heterocycles. The molecule has 0 N–H and O–H groups in total. The largest absolute Gasteiger partial charge is 0.161 e. The normalized spacial score (nSPS) is 9.00. The van der Waals surface area contributed by atoms with E-state index in [9.17, 15) is 0 Å². The minimum atomic E-state index is 0.941. The van der Waals surface area contributed by atoms with Crippen LogP contribution in [0.25, 0.3) is 0 Å². The third-order valence-electron chi connectivity index (χ3n) is 1.39. The highest BCUT2D eigenvalue weighted by molar-refractivity contribution is 7.99. The molecule has 0 aliphatic rings. The van der Waals surface area contributed by atoms with Crippen LogP contribution in [0.3, 0.4) is 0 Å². The highest BCUT2D eigenvalue weighted by Gasteiger charge is 1.83. The van der Waals surface area contributed by atoms with Gasteiger partial charge in [-0.3, -0.25) is 0 Å². The molecule has 1 rings (SSSR count). The smallest absolute Gasteiger partial charge is 0.0652 e. The predicted molar refractivity (Wildman–Crippen MR) is 56.5 cm³/mol. The fraction of sp³-hybridized carbons (Fsp3) is 0.400. The van der Waals surface area contributed by atoms with Gasteiger partial charge in [-0.15, -0.1) is 0 Å². The lowest BCUT2D eigenvalue weighted by Crippen LogP contribution is -1.81. The summed E-state index contributed by atoms with van der Waals surface area (Å²) < 4.78 is 0. The molecule has 0 atom stereocenters. The highest BCUT2D eigenvalue weighted by atomic mass is 32.2. The molecule has 68 valence electrons. The number of thioether (sulfide) groups is 1. The maximum absolute atomic E-state index is 3.74. The van der Waals surface area contributed by atoms with Crippen LogP contribution >= 0.6 is 11.8 Å². The Hall–Kier alpha value is -1.01. The van der Waals surface area contributed by atoms with Crippen LogP contribution in [0.1, 0.15) is 18.9 Å². The Kier molecular flexibility index (Phi) is 5.04. The summed E-state index contributed by atoms with van der Waals surface area (Å²) in [5.74, 6) is 8.41. The first-order valence-corrected chi connectivity index (χ1v) is 5.42. The van der Waals surface area contributed by atoms with Gasteiger partial charge in [0.2, 0.25) is 0 Å². The van der Waals surface area contributed by atoms with Crippen molar-refractivity contribution in [3.63, 3.8) is 0 Å². The van der Waals surface area contributed by atoms with E-state index in [-0.39, 0.29) is 0 Å². The molecule has 2 nitrogen and oxygen atoms in total. The molecular weight excluding hydrogens is 180 g/mol. The Morgan fingerprint density at radius 1 is 1.46 bits per heavy atom. The third kappa shape index (κ3) is 4.54. The van der Waals surface area contributed by atoms with Gasteiger partial charge in [-0.25, -0.2) is 0 Å². The van der Waals surface area contributed by atoms with E-state index in [1.807, 2.05) is 17.8 Å². The standard InChI is InChI=1S/C10H12N2S/c1-2-13-8-4-3-5-10-6-7-11-12-9-10/h6-7,9H,2,4,8H2,1H3. The maximum Gasteiger partial charge on any atom is 0.0652 e. The molecule has 1 aromatic rings. The first kappa shape index (κ1) is 10.1. The van der Waals surface area contributed by atoms with E-state index in [1.54, 1.807) is 12.4 Å². The quantitative estimate of drug-likeness (QED) is 0.541. The van der Waals surface area contributed by atoms with Crippen LogP contribution in [0.5, 0.6) is 0 Å². The van der Waals surface area contributed by atoms with Crippen molar-refractivity contribution in [3.8, 4) is 11.8 Å². The molecule has 1 heterocycles. The van der Waals surface area contributed by atoms with Gasteiger partial charge in [-0.2, -0.15) is 22.0 Å². The van der Waals surface area contributed by atoms with Crippen LogP contribution in [-0.4, -0.2) is 21.7 Å². The van der Waals surface area contributed by atoms with E-state index in [2.05, 4.69) is 29.0 Å². The summed E-state index contributed by atoms with van der Waals surface area (Å²) in [6.45, 7) is 2.16. The zero-order valence-corrected chi connectivity index (χ0v) is 8.47. The van der Waals surface area contributed by atoms with Crippen molar-refractivity contribution in [1.29, 1.82) is 0 Å². The Morgan fingerprint density at radius 3 is 3.08 bits per heavy atom. The van der Waals surface area contributed by atoms with E-state index >= 15 is 0 Å². The number of nitrogens with zero attached hydrogens (tertiary/aromatic N) is 2. The lowest BCUT2D eigenvalue weighted by molar-refractivity contribution is 1.03. The summed E-state index contributed by atoms with van der Waals surface area (Å²) >= 11 is 1.91. The van der Waals surface area contributed by atoms with Gasteiger partial charge >= 0.3 is 0 Å². The van der Waals surface area contributed by atoms with E-state index in [1.165, 1.54) is 5.75 Å². The van der Waals surface area contributed by atoms with E-state index in [0.29, 0.717) is 0 Å². The van der Waals surface area contributed by atoms with Gasteiger partial charge in [-0.05, 0) is 11.8 Å². The van der Waals surface area contributed by atoms with Gasteiger partial charge in [0.15, 0.2) is 0 Å². The van der Waals surface area contributed by atoms with E-state index in [4.69, 9.17) is 0 Å². The molecule has 13 heavy (non-hydrogen) atoms. The van der Waals surface area contributed by atoms with Gasteiger partial charge in [0.1, 0.15) is 0 Å². The molecule has 0 aliphatic carbocycles. The highest BCUT2D eigenvalue weighted by Crippen LogP contribution is 1.99. The Labute approximate surface area is 83.2 Å². The van der Waals surface area contributed by atoms with Gasteiger partial charge < -0.3 is 0 Å². The fourth-order valence-corrected chi connectivity index (χ4v) is 1.33. The molecule has 0 spiro atoms. The Morgan fingerprint density at radius 2 is 2.38 bits per heavy atom. The second kappa shape index (κ2) is 6.50. The molecule has 0 radical (unpaired) electrons. The summed E-state index contributed by atoms with van der Waals surface area (Å²) in [6, 6.07) is 1.87. The Balaban J connectivity index is 2.31. The summed E-state index contributed by atoms with van der Waals surface area (Å²) in [4.78, 5) is 0. The number of hydrogen-bond acceptors (Lipinski definition) is 3. The van der Waals surface area contributed by atoms with Crippen molar-refractivity contribution in [3.05, 3.63) is 24.0 Å². The summed E-state index contributed by atoms with van der Waals surface area (Å²) in [5.41, 5.74) is 0.941. The first-order chi connectivity index (χ1) is 6.43. The van der Waals surface area contributed by atoms with Crippen molar-refractivity contribution in [2.24, 2.45) is 0 Å². The Bertz CT molecular complexity index is 287. The second-order valence-corrected chi connectivity index (χ2v) is 3.77. The van der Waals surface area contributed by atoms with Crippen molar-refractivity contribution in [2.45, 2.75) is 13.3 Å². The molecule has 0 fully saturated rings.